The molecule has 0 fully saturated rings. The maximum absolute atomic E-state index is 5.08. The zero-order valence-electron chi connectivity index (χ0n) is 27.3. The highest BCUT2D eigenvalue weighted by Crippen LogP contribution is 2.53. The molecule has 2 nitrogen and oxygen atoms in total. The van der Waals surface area contributed by atoms with Crippen LogP contribution < -0.4 is 4.90 Å². The van der Waals surface area contributed by atoms with Crippen molar-refractivity contribution in [3.63, 3.8) is 0 Å². The second-order valence-electron chi connectivity index (χ2n) is 14.1. The molecular weight excluding hydrogens is 569 g/mol. The SMILES string of the molecule is CC1(C)c2ccccc2-c2ccc(N(c3ccccc3)c3ccc(-c4ccc5c(c4)C(C)(C)c4ccc6ccccc6c4-5)nc3)cc21. The highest BCUT2D eigenvalue weighted by atomic mass is 15.1. The van der Waals surface area contributed by atoms with Gasteiger partial charge >= 0.3 is 0 Å². The third-order valence-electron chi connectivity index (χ3n) is 10.7. The van der Waals surface area contributed by atoms with Crippen LogP contribution in [0, 0.1) is 0 Å². The second kappa shape index (κ2) is 10.0. The van der Waals surface area contributed by atoms with Gasteiger partial charge in [0.15, 0.2) is 0 Å². The Bertz CT molecular complexity index is 2350. The molecular formula is C45H36N2. The summed E-state index contributed by atoms with van der Waals surface area (Å²) in [7, 11) is 0. The standard InChI is InChI=1S/C45H36N2/c1-44(2)38-17-11-10-16-35(38)36-23-20-32(27-41(36)44)47(31-13-6-5-7-14-31)33-21-25-42(46-28-33)30-18-22-37-40(26-30)45(3,4)39-24-19-29-12-8-9-15-34(29)43(37)39/h5-28H,1-4H3. The van der Waals surface area contributed by atoms with Crippen LogP contribution in [0.1, 0.15) is 49.9 Å². The summed E-state index contributed by atoms with van der Waals surface area (Å²) in [6.45, 7) is 9.37. The maximum atomic E-state index is 5.08. The van der Waals surface area contributed by atoms with Gasteiger partial charge in [0.05, 0.1) is 17.6 Å². The minimum absolute atomic E-state index is 0.0697. The number of hydrogen-bond donors (Lipinski definition) is 0. The summed E-state index contributed by atoms with van der Waals surface area (Å²) in [6, 6.07) is 51.0. The van der Waals surface area contributed by atoms with Crippen LogP contribution in [0.3, 0.4) is 0 Å². The first-order chi connectivity index (χ1) is 22.8. The van der Waals surface area contributed by atoms with E-state index in [-0.39, 0.29) is 10.8 Å². The van der Waals surface area contributed by atoms with Crippen molar-refractivity contribution in [2.75, 3.05) is 4.90 Å². The van der Waals surface area contributed by atoms with E-state index in [4.69, 9.17) is 4.98 Å². The molecule has 2 heteroatoms. The molecule has 0 radical (unpaired) electrons. The molecule has 7 aromatic rings. The fraction of sp³-hybridized carbons (Fsp3) is 0.133. The number of pyridine rings is 1. The molecule has 2 aliphatic rings. The fourth-order valence-electron chi connectivity index (χ4n) is 8.21. The Morgan fingerprint density at radius 1 is 0.468 bits per heavy atom. The van der Waals surface area contributed by atoms with Crippen LogP contribution >= 0.6 is 0 Å². The van der Waals surface area contributed by atoms with E-state index in [0.717, 1.165) is 28.3 Å². The van der Waals surface area contributed by atoms with Gasteiger partial charge in [0, 0.05) is 27.8 Å². The summed E-state index contributed by atoms with van der Waals surface area (Å²) in [5, 5.41) is 2.61. The van der Waals surface area contributed by atoms with Gasteiger partial charge in [-0.2, -0.15) is 0 Å². The minimum atomic E-state index is -0.0875. The summed E-state index contributed by atoms with van der Waals surface area (Å²) < 4.78 is 0. The van der Waals surface area contributed by atoms with Crippen LogP contribution in [0.4, 0.5) is 17.1 Å². The second-order valence-corrected chi connectivity index (χ2v) is 14.1. The van der Waals surface area contributed by atoms with E-state index >= 15 is 0 Å². The number of nitrogens with zero attached hydrogens (tertiary/aromatic N) is 2. The first kappa shape index (κ1) is 27.8. The van der Waals surface area contributed by atoms with Gasteiger partial charge in [-0.25, -0.2) is 0 Å². The topological polar surface area (TPSA) is 16.1 Å². The van der Waals surface area contributed by atoms with Crippen LogP contribution in [0.15, 0.2) is 146 Å². The van der Waals surface area contributed by atoms with Crippen molar-refractivity contribution in [2.45, 2.75) is 38.5 Å². The van der Waals surface area contributed by atoms with E-state index in [0.29, 0.717) is 0 Å². The molecule has 0 saturated carbocycles. The first-order valence-corrected chi connectivity index (χ1v) is 16.6. The molecule has 47 heavy (non-hydrogen) atoms. The summed E-state index contributed by atoms with van der Waals surface area (Å²) in [5.74, 6) is 0. The molecule has 0 N–H and O–H groups in total. The highest BCUT2D eigenvalue weighted by Gasteiger charge is 2.37. The van der Waals surface area contributed by atoms with Gasteiger partial charge in [0.2, 0.25) is 0 Å². The van der Waals surface area contributed by atoms with Crippen LogP contribution in [0.2, 0.25) is 0 Å². The van der Waals surface area contributed by atoms with Gasteiger partial charge < -0.3 is 4.90 Å². The van der Waals surface area contributed by atoms with E-state index in [1.165, 1.54) is 55.3 Å². The van der Waals surface area contributed by atoms with Gasteiger partial charge in [-0.3, -0.25) is 4.98 Å². The van der Waals surface area contributed by atoms with Crippen molar-refractivity contribution in [3.05, 3.63) is 168 Å². The van der Waals surface area contributed by atoms with Gasteiger partial charge in [-0.05, 0) is 97.7 Å². The number of fused-ring (bicyclic) bond motifs is 8. The van der Waals surface area contributed by atoms with Gasteiger partial charge in [0.25, 0.3) is 0 Å². The van der Waals surface area contributed by atoms with Crippen LogP contribution in [-0.2, 0) is 10.8 Å². The van der Waals surface area contributed by atoms with Crippen LogP contribution in [0.25, 0.3) is 44.3 Å². The molecule has 2 aliphatic carbocycles. The Kier molecular flexibility index (Phi) is 5.92. The predicted molar refractivity (Wildman–Crippen MR) is 197 cm³/mol. The monoisotopic (exact) mass is 604 g/mol. The molecule has 0 unspecified atom stereocenters. The highest BCUT2D eigenvalue weighted by molar-refractivity contribution is 6.02. The van der Waals surface area contributed by atoms with E-state index in [2.05, 4.69) is 172 Å². The number of benzene rings is 6. The van der Waals surface area contributed by atoms with Crippen LogP contribution in [-0.4, -0.2) is 4.98 Å². The summed E-state index contributed by atoms with van der Waals surface area (Å²) >= 11 is 0. The molecule has 0 atom stereocenters. The number of anilines is 3. The number of rotatable bonds is 4. The number of hydrogen-bond acceptors (Lipinski definition) is 2. The molecule has 0 amide bonds. The fourth-order valence-corrected chi connectivity index (χ4v) is 8.21. The lowest BCUT2D eigenvalue weighted by atomic mass is 9.81. The number of para-hydroxylation sites is 1. The van der Waals surface area contributed by atoms with Crippen molar-refractivity contribution < 1.29 is 0 Å². The smallest absolute Gasteiger partial charge is 0.0703 e. The lowest BCUT2D eigenvalue weighted by Gasteiger charge is -2.28. The molecule has 1 aromatic heterocycles. The van der Waals surface area contributed by atoms with Gasteiger partial charge in [-0.1, -0.05) is 125 Å². The van der Waals surface area contributed by atoms with E-state index in [1.807, 2.05) is 6.20 Å². The van der Waals surface area contributed by atoms with Crippen molar-refractivity contribution in [2.24, 2.45) is 0 Å². The molecule has 6 aromatic carbocycles. The Morgan fingerprint density at radius 3 is 1.98 bits per heavy atom. The molecule has 0 spiro atoms. The summed E-state index contributed by atoms with van der Waals surface area (Å²) in [5.41, 5.74) is 16.1. The van der Waals surface area contributed by atoms with E-state index in [9.17, 15) is 0 Å². The zero-order valence-corrected chi connectivity index (χ0v) is 27.3. The normalized spacial score (nSPS) is 14.7. The summed E-state index contributed by atoms with van der Waals surface area (Å²) in [4.78, 5) is 7.41. The lowest BCUT2D eigenvalue weighted by Crippen LogP contribution is -2.16. The molecule has 0 bridgehead atoms. The lowest BCUT2D eigenvalue weighted by molar-refractivity contribution is 0.660. The average molecular weight is 605 g/mol. The Hall–Kier alpha value is -5.47. The van der Waals surface area contributed by atoms with Crippen molar-refractivity contribution in [1.29, 1.82) is 0 Å². The Morgan fingerprint density at radius 2 is 1.15 bits per heavy atom. The van der Waals surface area contributed by atoms with Crippen molar-refractivity contribution in [1.82, 2.24) is 4.98 Å². The molecule has 226 valence electrons. The van der Waals surface area contributed by atoms with Gasteiger partial charge in [0.1, 0.15) is 0 Å². The number of aromatic nitrogens is 1. The Labute approximate surface area is 277 Å². The van der Waals surface area contributed by atoms with Crippen LogP contribution in [0.5, 0.6) is 0 Å². The zero-order chi connectivity index (χ0) is 31.9. The van der Waals surface area contributed by atoms with Gasteiger partial charge in [-0.15, -0.1) is 0 Å². The van der Waals surface area contributed by atoms with E-state index in [1.54, 1.807) is 0 Å². The third-order valence-corrected chi connectivity index (χ3v) is 10.7. The molecule has 1 heterocycles. The van der Waals surface area contributed by atoms with Crippen molar-refractivity contribution in [3.8, 4) is 33.5 Å². The van der Waals surface area contributed by atoms with E-state index < -0.39 is 0 Å². The quantitative estimate of drug-likeness (QED) is 0.199. The predicted octanol–water partition coefficient (Wildman–Crippen LogP) is 12.0. The van der Waals surface area contributed by atoms with Crippen molar-refractivity contribution >= 4 is 27.8 Å². The third kappa shape index (κ3) is 4.07. The first-order valence-electron chi connectivity index (χ1n) is 16.6. The maximum Gasteiger partial charge on any atom is 0.0703 e. The molecule has 9 rings (SSSR count). The average Bonchev–Trinajstić information content (AvgIpc) is 3.48. The summed E-state index contributed by atoms with van der Waals surface area (Å²) in [6.07, 6.45) is 2.02. The molecule has 0 aliphatic heterocycles. The molecule has 0 saturated heterocycles. The minimum Gasteiger partial charge on any atom is -0.309 e. The largest absolute Gasteiger partial charge is 0.309 e. The Balaban J connectivity index is 1.11.